The minimum atomic E-state index is 0.720. The van der Waals surface area contributed by atoms with Gasteiger partial charge in [0.1, 0.15) is 0 Å². The maximum Gasteiger partial charge on any atom is 0.00813 e. The van der Waals surface area contributed by atoms with Crippen molar-refractivity contribution in [3.63, 3.8) is 0 Å². The summed E-state index contributed by atoms with van der Waals surface area (Å²) in [5.74, 6) is 1.73. The number of benzene rings is 1. The molecule has 1 aromatic rings. The van der Waals surface area contributed by atoms with Crippen LogP contribution in [0.15, 0.2) is 24.3 Å². The minimum absolute atomic E-state index is 0.720. The van der Waals surface area contributed by atoms with Crippen LogP contribution in [0.5, 0.6) is 0 Å². The molecule has 1 heteroatoms. The predicted molar refractivity (Wildman–Crippen MR) is 86.1 cm³/mol. The van der Waals surface area contributed by atoms with Gasteiger partial charge in [-0.05, 0) is 62.5 Å². The van der Waals surface area contributed by atoms with Crippen LogP contribution >= 0.6 is 0 Å². The van der Waals surface area contributed by atoms with Crippen molar-refractivity contribution >= 4 is 0 Å². The highest BCUT2D eigenvalue weighted by molar-refractivity contribution is 5.31. The fourth-order valence-corrected chi connectivity index (χ4v) is 4.19. The average molecular weight is 271 g/mol. The second kappa shape index (κ2) is 6.30. The van der Waals surface area contributed by atoms with Crippen molar-refractivity contribution in [3.8, 4) is 0 Å². The highest BCUT2D eigenvalue weighted by Crippen LogP contribution is 2.39. The molecule has 1 nitrogen and oxygen atoms in total. The van der Waals surface area contributed by atoms with Crippen molar-refractivity contribution in [3.05, 3.63) is 35.4 Å². The van der Waals surface area contributed by atoms with Crippen molar-refractivity contribution in [1.29, 1.82) is 0 Å². The molecule has 20 heavy (non-hydrogen) atoms. The largest absolute Gasteiger partial charge is 0.311 e. The second-order valence-electron chi connectivity index (χ2n) is 7.08. The Morgan fingerprint density at radius 2 is 1.75 bits per heavy atom. The Hall–Kier alpha value is -0.820. The number of nitrogens with one attached hydrogen (secondary N) is 1. The van der Waals surface area contributed by atoms with Crippen LogP contribution < -0.4 is 5.32 Å². The van der Waals surface area contributed by atoms with E-state index >= 15 is 0 Å². The summed E-state index contributed by atoms with van der Waals surface area (Å²) in [5, 5.41) is 3.91. The third-order valence-corrected chi connectivity index (χ3v) is 5.62. The Morgan fingerprint density at radius 1 is 1.05 bits per heavy atom. The van der Waals surface area contributed by atoms with Crippen LogP contribution in [0, 0.1) is 12.8 Å². The molecule has 1 unspecified atom stereocenters. The van der Waals surface area contributed by atoms with E-state index in [9.17, 15) is 0 Å². The first-order valence-electron chi connectivity index (χ1n) is 8.55. The van der Waals surface area contributed by atoms with Gasteiger partial charge >= 0.3 is 0 Å². The summed E-state index contributed by atoms with van der Waals surface area (Å²) in [6.07, 6.45) is 9.93. The highest BCUT2D eigenvalue weighted by Gasteiger charge is 2.33. The van der Waals surface area contributed by atoms with Gasteiger partial charge in [-0.1, -0.05) is 43.5 Å². The standard InChI is InChI=1S/C19H29N/c1-14-8-6-7-11-19(14)17-12-18(13-17)20-15(2)16-9-4-3-5-10-16/h6-8,11,15-18,20H,3-5,9-10,12-13H2,1-2H3. The molecule has 3 rings (SSSR count). The minimum Gasteiger partial charge on any atom is -0.311 e. The molecule has 2 fully saturated rings. The zero-order valence-corrected chi connectivity index (χ0v) is 13.1. The summed E-state index contributed by atoms with van der Waals surface area (Å²) in [5.41, 5.74) is 3.05. The number of hydrogen-bond donors (Lipinski definition) is 1. The van der Waals surface area contributed by atoms with E-state index in [-0.39, 0.29) is 0 Å². The van der Waals surface area contributed by atoms with Gasteiger partial charge in [0.2, 0.25) is 0 Å². The van der Waals surface area contributed by atoms with Crippen LogP contribution in [-0.2, 0) is 0 Å². The zero-order valence-electron chi connectivity index (χ0n) is 13.1. The molecule has 0 heterocycles. The van der Waals surface area contributed by atoms with Gasteiger partial charge in [0.15, 0.2) is 0 Å². The zero-order chi connectivity index (χ0) is 13.9. The molecule has 2 saturated carbocycles. The summed E-state index contributed by atoms with van der Waals surface area (Å²) in [6, 6.07) is 10.4. The molecule has 0 saturated heterocycles. The molecular formula is C19H29N. The molecule has 0 aliphatic heterocycles. The van der Waals surface area contributed by atoms with Crippen LogP contribution in [0.3, 0.4) is 0 Å². The molecule has 0 radical (unpaired) electrons. The van der Waals surface area contributed by atoms with Gasteiger partial charge in [-0.2, -0.15) is 0 Å². The van der Waals surface area contributed by atoms with Crippen molar-refractivity contribution in [2.75, 3.05) is 0 Å². The van der Waals surface area contributed by atoms with Crippen molar-refractivity contribution in [1.82, 2.24) is 5.32 Å². The van der Waals surface area contributed by atoms with E-state index in [0.717, 1.165) is 23.9 Å². The molecule has 1 N–H and O–H groups in total. The van der Waals surface area contributed by atoms with Gasteiger partial charge in [0.25, 0.3) is 0 Å². The van der Waals surface area contributed by atoms with E-state index in [1.807, 2.05) is 0 Å². The molecule has 0 amide bonds. The Kier molecular flexibility index (Phi) is 4.45. The number of rotatable bonds is 4. The topological polar surface area (TPSA) is 12.0 Å². The summed E-state index contributed by atoms with van der Waals surface area (Å²) >= 11 is 0. The Labute approximate surface area is 124 Å². The lowest BCUT2D eigenvalue weighted by Gasteiger charge is -2.41. The number of hydrogen-bond acceptors (Lipinski definition) is 1. The first kappa shape index (κ1) is 14.1. The summed E-state index contributed by atoms with van der Waals surface area (Å²) in [6.45, 7) is 4.66. The molecule has 110 valence electrons. The third kappa shape index (κ3) is 3.09. The summed E-state index contributed by atoms with van der Waals surface area (Å²) < 4.78 is 0. The normalized spacial score (nSPS) is 28.9. The lowest BCUT2D eigenvalue weighted by Crippen LogP contribution is -2.47. The maximum atomic E-state index is 3.91. The quantitative estimate of drug-likeness (QED) is 0.829. The van der Waals surface area contributed by atoms with Crippen LogP contribution in [0.1, 0.15) is 68.9 Å². The second-order valence-corrected chi connectivity index (χ2v) is 7.08. The monoisotopic (exact) mass is 271 g/mol. The summed E-state index contributed by atoms with van der Waals surface area (Å²) in [7, 11) is 0. The van der Waals surface area contributed by atoms with Crippen molar-refractivity contribution in [2.45, 2.75) is 76.8 Å². The van der Waals surface area contributed by atoms with E-state index in [1.165, 1.54) is 50.5 Å². The van der Waals surface area contributed by atoms with Gasteiger partial charge in [-0.3, -0.25) is 0 Å². The SMILES string of the molecule is Cc1ccccc1C1CC(NC(C)C2CCCCC2)C1. The van der Waals surface area contributed by atoms with Crippen LogP contribution in [0.25, 0.3) is 0 Å². The molecule has 2 aliphatic rings. The fourth-order valence-electron chi connectivity index (χ4n) is 4.19. The van der Waals surface area contributed by atoms with Crippen molar-refractivity contribution in [2.24, 2.45) is 5.92 Å². The fraction of sp³-hybridized carbons (Fsp3) is 0.684. The molecule has 1 aromatic carbocycles. The Bertz CT molecular complexity index is 427. The van der Waals surface area contributed by atoms with Gasteiger partial charge in [0.05, 0.1) is 0 Å². The van der Waals surface area contributed by atoms with E-state index < -0.39 is 0 Å². The lowest BCUT2D eigenvalue weighted by molar-refractivity contribution is 0.210. The Morgan fingerprint density at radius 3 is 2.45 bits per heavy atom. The molecule has 0 bridgehead atoms. The Balaban J connectivity index is 1.47. The maximum absolute atomic E-state index is 3.91. The van der Waals surface area contributed by atoms with Crippen LogP contribution in [0.2, 0.25) is 0 Å². The molecule has 2 aliphatic carbocycles. The average Bonchev–Trinajstić information content (AvgIpc) is 2.44. The van der Waals surface area contributed by atoms with Crippen molar-refractivity contribution < 1.29 is 0 Å². The molecule has 0 aromatic heterocycles. The summed E-state index contributed by atoms with van der Waals surface area (Å²) in [4.78, 5) is 0. The van der Waals surface area contributed by atoms with Crippen LogP contribution in [0.4, 0.5) is 0 Å². The first-order chi connectivity index (χ1) is 9.74. The van der Waals surface area contributed by atoms with Gasteiger partial charge in [0, 0.05) is 12.1 Å². The van der Waals surface area contributed by atoms with Gasteiger partial charge in [-0.15, -0.1) is 0 Å². The van der Waals surface area contributed by atoms with Crippen LogP contribution in [-0.4, -0.2) is 12.1 Å². The van der Waals surface area contributed by atoms with Gasteiger partial charge in [-0.25, -0.2) is 0 Å². The third-order valence-electron chi connectivity index (χ3n) is 5.62. The number of aryl methyl sites for hydroxylation is 1. The highest BCUT2D eigenvalue weighted by atomic mass is 15.0. The van der Waals surface area contributed by atoms with Gasteiger partial charge < -0.3 is 5.32 Å². The van der Waals surface area contributed by atoms with E-state index in [0.29, 0.717) is 0 Å². The predicted octanol–water partition coefficient (Wildman–Crippen LogP) is 4.80. The van der Waals surface area contributed by atoms with E-state index in [4.69, 9.17) is 0 Å². The first-order valence-corrected chi connectivity index (χ1v) is 8.55. The molecule has 0 spiro atoms. The lowest BCUT2D eigenvalue weighted by atomic mass is 9.73. The van der Waals surface area contributed by atoms with E-state index in [2.05, 4.69) is 43.4 Å². The molecule has 1 atom stereocenters. The van der Waals surface area contributed by atoms with E-state index in [1.54, 1.807) is 5.56 Å². The smallest absolute Gasteiger partial charge is 0.00813 e. The molecular weight excluding hydrogens is 242 g/mol.